The Bertz CT molecular complexity index is 212. The largest absolute Gasteiger partial charge is 0.263 e. The number of carbonyl (C=O) groups excluding carboxylic acids is 1. The Morgan fingerprint density at radius 3 is 2.44 bits per heavy atom. The minimum absolute atomic E-state index is 0.0811. The van der Waals surface area contributed by atoms with Gasteiger partial charge in [0.15, 0.2) is 0 Å². The third kappa shape index (κ3) is 3.88. The van der Waals surface area contributed by atoms with Crippen molar-refractivity contribution in [3.8, 4) is 0 Å². The summed E-state index contributed by atoms with van der Waals surface area (Å²) in [6, 6.07) is 0. The van der Waals surface area contributed by atoms with E-state index in [2.05, 4.69) is 4.40 Å². The Morgan fingerprint density at radius 2 is 2.11 bits per heavy atom. The molecule has 0 heterocycles. The fourth-order valence-corrected chi connectivity index (χ4v) is 1.08. The molecule has 0 aromatic rings. The van der Waals surface area contributed by atoms with E-state index in [1.165, 1.54) is 0 Å². The summed E-state index contributed by atoms with van der Waals surface area (Å²) in [4.78, 5) is 9.42. The second-order valence-electron chi connectivity index (χ2n) is 1.47. The molecule has 9 heavy (non-hydrogen) atoms. The van der Waals surface area contributed by atoms with E-state index in [0.29, 0.717) is 6.42 Å². The van der Waals surface area contributed by atoms with Gasteiger partial charge in [-0.1, -0.05) is 11.3 Å². The van der Waals surface area contributed by atoms with E-state index in [9.17, 15) is 13.2 Å². The van der Waals surface area contributed by atoms with Crippen LogP contribution in [0.1, 0.15) is 13.3 Å². The Balaban J connectivity index is 4.22. The van der Waals surface area contributed by atoms with Gasteiger partial charge in [-0.15, -0.1) is 0 Å². The van der Waals surface area contributed by atoms with Crippen LogP contribution in [0.15, 0.2) is 4.40 Å². The first kappa shape index (κ1) is 8.33. The Labute approximate surface area is 53.7 Å². The quantitative estimate of drug-likeness (QED) is 0.421. The highest BCUT2D eigenvalue weighted by molar-refractivity contribution is 7.90. The van der Waals surface area contributed by atoms with E-state index in [4.69, 9.17) is 0 Å². The Hall–Kier alpha value is -0.670. The first-order valence-corrected chi connectivity index (χ1v) is 4.05. The zero-order valence-corrected chi connectivity index (χ0v) is 5.81. The number of rotatable bonds is 3. The number of hydrogen-bond acceptors (Lipinski definition) is 3. The van der Waals surface area contributed by atoms with Gasteiger partial charge >= 0.3 is 0 Å². The van der Waals surface area contributed by atoms with Crippen molar-refractivity contribution in [3.63, 3.8) is 0 Å². The lowest BCUT2D eigenvalue weighted by Crippen LogP contribution is -1.99. The number of nitrogens with zero attached hydrogens (tertiary/aromatic N) is 1. The smallest absolute Gasteiger partial charge is 0.210 e. The van der Waals surface area contributed by atoms with Gasteiger partial charge in [0.25, 0.3) is 16.1 Å². The fraction of sp³-hybridized carbons (Fsp3) is 0.750. The predicted molar refractivity (Wildman–Crippen MR) is 32.2 cm³/mol. The lowest BCUT2D eigenvalue weighted by molar-refractivity contribution is 0.563. The molecular weight excluding hydrogens is 142 g/mol. The zero-order valence-electron chi connectivity index (χ0n) is 4.99. The van der Waals surface area contributed by atoms with Crippen LogP contribution in [-0.2, 0) is 14.8 Å². The summed E-state index contributed by atoms with van der Waals surface area (Å²) < 4.78 is 23.4. The van der Waals surface area contributed by atoms with Crippen molar-refractivity contribution in [2.24, 2.45) is 4.40 Å². The zero-order chi connectivity index (χ0) is 7.33. The van der Waals surface area contributed by atoms with Crippen molar-refractivity contribution in [1.29, 1.82) is 0 Å². The van der Waals surface area contributed by atoms with Gasteiger partial charge in [-0.05, 0) is 6.42 Å². The molecule has 0 N–H and O–H groups in total. The lowest BCUT2D eigenvalue weighted by Gasteiger charge is -1.87. The van der Waals surface area contributed by atoms with Gasteiger partial charge in [-0.3, -0.25) is 0 Å². The predicted octanol–water partition coefficient (Wildman–Crippen LogP) is 0.0620. The van der Waals surface area contributed by atoms with E-state index < -0.39 is 10.0 Å². The third-order valence-corrected chi connectivity index (χ3v) is 1.92. The van der Waals surface area contributed by atoms with Crippen LogP contribution in [0.4, 0.5) is 0 Å². The van der Waals surface area contributed by atoms with Crippen LogP contribution in [-0.4, -0.2) is 20.3 Å². The maximum Gasteiger partial charge on any atom is 0.263 e. The molecule has 4 nitrogen and oxygen atoms in total. The van der Waals surface area contributed by atoms with E-state index in [1.807, 2.05) is 0 Å². The van der Waals surface area contributed by atoms with Crippen LogP contribution < -0.4 is 0 Å². The second-order valence-corrected chi connectivity index (χ2v) is 3.22. The summed E-state index contributed by atoms with van der Waals surface area (Å²) in [7, 11) is -3.48. The van der Waals surface area contributed by atoms with Crippen LogP contribution in [0.3, 0.4) is 0 Å². The topological polar surface area (TPSA) is 63.6 Å². The molecule has 0 aliphatic carbocycles. The van der Waals surface area contributed by atoms with Crippen molar-refractivity contribution in [1.82, 2.24) is 0 Å². The Kier molecular flexibility index (Phi) is 3.12. The lowest BCUT2D eigenvalue weighted by atomic mass is 10.6. The van der Waals surface area contributed by atoms with E-state index in [1.54, 1.807) is 6.92 Å². The van der Waals surface area contributed by atoms with Crippen molar-refractivity contribution in [2.45, 2.75) is 13.3 Å². The average molecular weight is 149 g/mol. The van der Waals surface area contributed by atoms with Gasteiger partial charge < -0.3 is 0 Å². The minimum atomic E-state index is -3.48. The van der Waals surface area contributed by atoms with Gasteiger partial charge in [-0.2, -0.15) is 0 Å². The number of hydrogen-bond donors (Lipinski definition) is 0. The van der Waals surface area contributed by atoms with Gasteiger partial charge in [0, 0.05) is 0 Å². The second kappa shape index (κ2) is 3.37. The van der Waals surface area contributed by atoms with Gasteiger partial charge in [-0.25, -0.2) is 13.2 Å². The Morgan fingerprint density at radius 1 is 1.56 bits per heavy atom. The molecule has 0 aromatic heterocycles. The summed E-state index contributed by atoms with van der Waals surface area (Å²) in [5.74, 6) is -0.0811. The van der Waals surface area contributed by atoms with Crippen molar-refractivity contribution >= 4 is 16.1 Å². The maximum absolute atomic E-state index is 10.4. The molecule has 0 aliphatic heterocycles. The molecule has 0 spiro atoms. The average Bonchev–Trinajstić information content (AvgIpc) is 1.64. The highest BCUT2D eigenvalue weighted by Crippen LogP contribution is 1.91. The summed E-state index contributed by atoms with van der Waals surface area (Å²) >= 11 is 0. The molecule has 52 valence electrons. The van der Waals surface area contributed by atoms with Crippen LogP contribution >= 0.6 is 0 Å². The third-order valence-electron chi connectivity index (χ3n) is 0.638. The van der Waals surface area contributed by atoms with Crippen LogP contribution in [0, 0.1) is 0 Å². The highest BCUT2D eigenvalue weighted by atomic mass is 32.2. The number of isocyanates is 1. The molecule has 0 unspecified atom stereocenters. The minimum Gasteiger partial charge on any atom is -0.210 e. The van der Waals surface area contributed by atoms with Gasteiger partial charge in [0.05, 0.1) is 5.75 Å². The van der Waals surface area contributed by atoms with Crippen molar-refractivity contribution in [2.75, 3.05) is 5.75 Å². The van der Waals surface area contributed by atoms with E-state index >= 15 is 0 Å². The first-order chi connectivity index (χ1) is 4.12. The molecule has 0 amide bonds. The standard InChI is InChI=1S/C4H7NO3S/c1-2-3-9(7,8)5-4-6/h2-3H2,1H3. The molecule has 0 rings (SSSR count). The SMILES string of the molecule is CCCS(=O)(=O)N=C=O. The molecule has 0 saturated carbocycles. The van der Waals surface area contributed by atoms with Crippen LogP contribution in [0.2, 0.25) is 0 Å². The first-order valence-electron chi connectivity index (χ1n) is 2.44. The molecule has 0 atom stereocenters. The van der Waals surface area contributed by atoms with E-state index in [-0.39, 0.29) is 5.75 Å². The van der Waals surface area contributed by atoms with Gasteiger partial charge in [0.1, 0.15) is 0 Å². The number of sulfonamides is 1. The summed E-state index contributed by atoms with van der Waals surface area (Å²) in [6.45, 7) is 1.69. The van der Waals surface area contributed by atoms with Crippen LogP contribution in [0.5, 0.6) is 0 Å². The molecular formula is C4H7NO3S. The molecule has 0 bridgehead atoms. The molecule has 0 radical (unpaired) electrons. The normalized spacial score (nSPS) is 10.3. The van der Waals surface area contributed by atoms with E-state index in [0.717, 1.165) is 6.08 Å². The molecule has 0 fully saturated rings. The molecule has 0 aromatic carbocycles. The summed E-state index contributed by atoms with van der Waals surface area (Å²) in [5, 5.41) is 0. The highest BCUT2D eigenvalue weighted by Gasteiger charge is 2.03. The van der Waals surface area contributed by atoms with Crippen molar-refractivity contribution in [3.05, 3.63) is 0 Å². The van der Waals surface area contributed by atoms with Crippen molar-refractivity contribution < 1.29 is 13.2 Å². The monoisotopic (exact) mass is 149 g/mol. The van der Waals surface area contributed by atoms with Gasteiger partial charge in [0.2, 0.25) is 0 Å². The van der Waals surface area contributed by atoms with Crippen LogP contribution in [0.25, 0.3) is 0 Å². The summed E-state index contributed by atoms with van der Waals surface area (Å²) in [5.41, 5.74) is 0. The fourth-order valence-electron chi connectivity index (χ4n) is 0.360. The molecule has 0 saturated heterocycles. The maximum atomic E-state index is 10.4. The molecule has 5 heteroatoms. The summed E-state index contributed by atoms with van der Waals surface area (Å²) in [6.07, 6.45) is 1.45. The molecule has 0 aliphatic rings.